The molecule has 0 aliphatic carbocycles. The maximum Gasteiger partial charge on any atom is 0.160 e. The summed E-state index contributed by atoms with van der Waals surface area (Å²) in [6.07, 6.45) is 2.81. The van der Waals surface area contributed by atoms with E-state index in [1.54, 1.807) is 11.3 Å². The molecule has 0 saturated carbocycles. The molecule has 0 N–H and O–H groups in total. The molecule has 0 fully saturated rings. The number of hydrogen-bond donors (Lipinski definition) is 0. The molecule has 2 aliphatic rings. The van der Waals surface area contributed by atoms with Crippen LogP contribution in [0, 0.1) is 6.92 Å². The van der Waals surface area contributed by atoms with Gasteiger partial charge in [-0.15, -0.1) is 21.5 Å². The first-order valence-corrected chi connectivity index (χ1v) is 9.27. The minimum Gasteiger partial charge on any atom is -0.292 e. The molecule has 5 nitrogen and oxygen atoms in total. The number of thiophene rings is 1. The predicted molar refractivity (Wildman–Crippen MR) is 101 cm³/mol. The summed E-state index contributed by atoms with van der Waals surface area (Å²) in [4.78, 5) is 10.6. The Morgan fingerprint density at radius 3 is 2.92 bits per heavy atom. The summed E-state index contributed by atoms with van der Waals surface area (Å²) in [5.74, 6) is 1.74. The molecule has 2 aromatic heterocycles. The lowest BCUT2D eigenvalue weighted by Crippen LogP contribution is -2.10. The molecule has 4 heterocycles. The first-order valence-electron chi connectivity index (χ1n) is 8.08. The minimum absolute atomic E-state index is 0.492. The van der Waals surface area contributed by atoms with Gasteiger partial charge < -0.3 is 0 Å². The van der Waals surface area contributed by atoms with Crippen LogP contribution in [0.4, 0.5) is 0 Å². The predicted octanol–water partition coefficient (Wildman–Crippen LogP) is 3.77. The molecule has 124 valence electrons. The summed E-state index contributed by atoms with van der Waals surface area (Å²) in [7, 11) is 0. The van der Waals surface area contributed by atoms with Gasteiger partial charge in [0.15, 0.2) is 5.82 Å². The van der Waals surface area contributed by atoms with Crippen LogP contribution in [0.3, 0.4) is 0 Å². The van der Waals surface area contributed by atoms with Crippen molar-refractivity contribution in [2.24, 2.45) is 9.98 Å². The van der Waals surface area contributed by atoms with Gasteiger partial charge in [-0.3, -0.25) is 14.6 Å². The van der Waals surface area contributed by atoms with Crippen LogP contribution >= 0.6 is 22.9 Å². The molecule has 3 aromatic rings. The Labute approximate surface area is 153 Å². The van der Waals surface area contributed by atoms with Crippen molar-refractivity contribution in [3.05, 3.63) is 62.5 Å². The zero-order valence-electron chi connectivity index (χ0n) is 13.5. The first kappa shape index (κ1) is 15.0. The van der Waals surface area contributed by atoms with Gasteiger partial charge in [0.05, 0.1) is 12.3 Å². The number of aromatic nitrogens is 3. The van der Waals surface area contributed by atoms with Gasteiger partial charge in [-0.1, -0.05) is 29.8 Å². The molecule has 0 spiro atoms. The first-order chi connectivity index (χ1) is 12.2. The van der Waals surface area contributed by atoms with E-state index in [4.69, 9.17) is 16.6 Å². The monoisotopic (exact) mass is 367 g/mol. The van der Waals surface area contributed by atoms with Crippen molar-refractivity contribution in [2.45, 2.75) is 26.4 Å². The SMILES string of the molecule is Cc1nnc2n1-c1sc3c(c1C(c1ccccc1Cl)=NC2)CC=NC3. The standard InChI is InChI=1S/C18H14ClN5S/c1-10-22-23-15-9-21-17(11-4-2-3-5-13(11)19)16-12-6-7-20-8-14(12)25-18(16)24(10)15/h2-5,7H,6,8-9H2,1H3. The number of hydrogen-bond acceptors (Lipinski definition) is 5. The van der Waals surface area contributed by atoms with Crippen molar-refractivity contribution in [1.29, 1.82) is 0 Å². The van der Waals surface area contributed by atoms with Crippen molar-refractivity contribution in [2.75, 3.05) is 0 Å². The number of benzene rings is 1. The molecule has 7 heteroatoms. The van der Waals surface area contributed by atoms with E-state index in [0.717, 1.165) is 46.5 Å². The van der Waals surface area contributed by atoms with Gasteiger partial charge >= 0.3 is 0 Å². The zero-order chi connectivity index (χ0) is 17.0. The Hall–Kier alpha value is -2.31. The molecule has 1 aromatic carbocycles. The average molecular weight is 368 g/mol. The van der Waals surface area contributed by atoms with E-state index in [0.29, 0.717) is 11.6 Å². The van der Waals surface area contributed by atoms with E-state index in [2.05, 4.69) is 19.8 Å². The maximum absolute atomic E-state index is 6.51. The lowest BCUT2D eigenvalue weighted by molar-refractivity contribution is 0.869. The van der Waals surface area contributed by atoms with Gasteiger partial charge in [0.1, 0.15) is 17.4 Å². The molecule has 25 heavy (non-hydrogen) atoms. The Balaban J connectivity index is 1.84. The lowest BCUT2D eigenvalue weighted by Gasteiger charge is -2.12. The summed E-state index contributed by atoms with van der Waals surface area (Å²) in [5, 5.41) is 10.4. The number of aryl methyl sites for hydroxylation is 1. The Kier molecular flexibility index (Phi) is 3.36. The van der Waals surface area contributed by atoms with E-state index in [-0.39, 0.29) is 0 Å². The summed E-state index contributed by atoms with van der Waals surface area (Å²) >= 11 is 8.27. The highest BCUT2D eigenvalue weighted by molar-refractivity contribution is 7.15. The fourth-order valence-corrected chi connectivity index (χ4v) is 4.98. The second-order valence-electron chi connectivity index (χ2n) is 6.05. The topological polar surface area (TPSA) is 55.4 Å². The van der Waals surface area contributed by atoms with Crippen LogP contribution in [0.1, 0.15) is 33.2 Å². The van der Waals surface area contributed by atoms with Crippen LogP contribution in [-0.2, 0) is 19.5 Å². The second kappa shape index (κ2) is 5.61. The van der Waals surface area contributed by atoms with Crippen molar-refractivity contribution >= 4 is 34.9 Å². The van der Waals surface area contributed by atoms with E-state index < -0.39 is 0 Å². The van der Waals surface area contributed by atoms with Crippen molar-refractivity contribution < 1.29 is 0 Å². The van der Waals surface area contributed by atoms with E-state index >= 15 is 0 Å². The van der Waals surface area contributed by atoms with Crippen LogP contribution in [-0.4, -0.2) is 26.7 Å². The fourth-order valence-electron chi connectivity index (χ4n) is 3.42. The summed E-state index contributed by atoms with van der Waals surface area (Å²) in [5.41, 5.74) is 4.36. The van der Waals surface area contributed by atoms with Crippen LogP contribution in [0.2, 0.25) is 5.02 Å². The van der Waals surface area contributed by atoms with Crippen molar-refractivity contribution in [1.82, 2.24) is 14.8 Å². The molecular formula is C18H14ClN5S. The molecule has 0 unspecified atom stereocenters. The number of rotatable bonds is 1. The fraction of sp³-hybridized carbons (Fsp3) is 0.222. The zero-order valence-corrected chi connectivity index (χ0v) is 15.1. The van der Waals surface area contributed by atoms with Gasteiger partial charge in [-0.05, 0) is 18.6 Å². The summed E-state index contributed by atoms with van der Waals surface area (Å²) < 4.78 is 2.13. The van der Waals surface area contributed by atoms with Crippen LogP contribution in [0.15, 0.2) is 34.3 Å². The highest BCUT2D eigenvalue weighted by Gasteiger charge is 2.29. The van der Waals surface area contributed by atoms with Crippen LogP contribution < -0.4 is 0 Å². The highest BCUT2D eigenvalue weighted by atomic mass is 35.5. The lowest BCUT2D eigenvalue weighted by atomic mass is 9.96. The third kappa shape index (κ3) is 2.21. The van der Waals surface area contributed by atoms with E-state index in [9.17, 15) is 0 Å². The Morgan fingerprint density at radius 1 is 1.16 bits per heavy atom. The molecule has 0 radical (unpaired) electrons. The largest absolute Gasteiger partial charge is 0.292 e. The smallest absolute Gasteiger partial charge is 0.160 e. The third-order valence-electron chi connectivity index (χ3n) is 4.57. The Bertz CT molecular complexity index is 1060. The summed E-state index contributed by atoms with van der Waals surface area (Å²) in [6, 6.07) is 7.89. The van der Waals surface area contributed by atoms with Crippen molar-refractivity contribution in [3.63, 3.8) is 0 Å². The average Bonchev–Trinajstić information content (AvgIpc) is 3.12. The molecule has 0 atom stereocenters. The maximum atomic E-state index is 6.51. The molecule has 2 aliphatic heterocycles. The quantitative estimate of drug-likeness (QED) is 0.657. The number of halogens is 1. The molecule has 0 amide bonds. The van der Waals surface area contributed by atoms with Gasteiger partial charge in [-0.2, -0.15) is 0 Å². The molecular weight excluding hydrogens is 354 g/mol. The third-order valence-corrected chi connectivity index (χ3v) is 6.10. The number of nitrogens with zero attached hydrogens (tertiary/aromatic N) is 5. The van der Waals surface area contributed by atoms with Gasteiger partial charge in [0, 0.05) is 33.7 Å². The van der Waals surface area contributed by atoms with Gasteiger partial charge in [-0.25, -0.2) is 0 Å². The summed E-state index contributed by atoms with van der Waals surface area (Å²) in [6.45, 7) is 3.20. The number of fused-ring (bicyclic) bond motifs is 5. The highest BCUT2D eigenvalue weighted by Crippen LogP contribution is 2.39. The van der Waals surface area contributed by atoms with E-state index in [1.807, 2.05) is 37.4 Å². The number of aliphatic imine (C=N–C) groups is 2. The van der Waals surface area contributed by atoms with Crippen LogP contribution in [0.5, 0.6) is 0 Å². The Morgan fingerprint density at radius 2 is 2.04 bits per heavy atom. The normalized spacial score (nSPS) is 15.2. The van der Waals surface area contributed by atoms with E-state index in [1.165, 1.54) is 10.4 Å². The van der Waals surface area contributed by atoms with Crippen LogP contribution in [0.25, 0.3) is 5.00 Å². The van der Waals surface area contributed by atoms with Gasteiger partial charge in [0.25, 0.3) is 0 Å². The molecule has 0 saturated heterocycles. The van der Waals surface area contributed by atoms with Gasteiger partial charge in [0.2, 0.25) is 0 Å². The molecule has 5 rings (SSSR count). The molecule has 0 bridgehead atoms. The minimum atomic E-state index is 0.492. The van der Waals surface area contributed by atoms with Crippen molar-refractivity contribution in [3.8, 4) is 5.00 Å². The second-order valence-corrected chi connectivity index (χ2v) is 7.55.